The van der Waals surface area contributed by atoms with Crippen molar-refractivity contribution in [2.45, 2.75) is 51.6 Å². The van der Waals surface area contributed by atoms with Gasteiger partial charge in [0, 0.05) is 5.03 Å². The van der Waals surface area contributed by atoms with Crippen molar-refractivity contribution in [1.82, 2.24) is 0 Å². The van der Waals surface area contributed by atoms with Crippen molar-refractivity contribution in [2.24, 2.45) is 0 Å². The van der Waals surface area contributed by atoms with E-state index in [-0.39, 0.29) is 5.03 Å². The summed E-state index contributed by atoms with van der Waals surface area (Å²) in [6.07, 6.45) is 6.00. The van der Waals surface area contributed by atoms with Crippen molar-refractivity contribution in [1.29, 1.82) is 0 Å². The quantitative estimate of drug-likeness (QED) is 0.610. The highest BCUT2D eigenvalue weighted by molar-refractivity contribution is 6.29. The van der Waals surface area contributed by atoms with Crippen LogP contribution in [0.3, 0.4) is 0 Å². The first kappa shape index (κ1) is 12.0. The maximum absolute atomic E-state index is 9.19. The van der Waals surface area contributed by atoms with E-state index < -0.39 is 6.10 Å². The lowest BCUT2D eigenvalue weighted by Crippen LogP contribution is -2.05. The molecule has 0 aliphatic heterocycles. The number of aliphatic hydroxyl groups is 1. The van der Waals surface area contributed by atoms with E-state index in [0.29, 0.717) is 6.42 Å². The van der Waals surface area contributed by atoms with Gasteiger partial charge in [0.05, 0.1) is 6.10 Å². The Morgan fingerprint density at radius 1 is 1.33 bits per heavy atom. The monoisotopic (exact) mass is 189 g/mol. The average Bonchev–Trinajstić information content (AvgIpc) is 2.03. The second kappa shape index (κ2) is 7.63. The maximum Gasteiger partial charge on any atom is 0.0895 e. The summed E-state index contributed by atoms with van der Waals surface area (Å²) < 4.78 is 0. The molecular weight excluding hydrogens is 172 g/mol. The zero-order valence-electron chi connectivity index (χ0n) is 7.72. The Labute approximate surface area is 80.4 Å². The van der Waals surface area contributed by atoms with Gasteiger partial charge in [-0.15, -0.1) is 0 Å². The van der Waals surface area contributed by atoms with Crippen LogP contribution in [-0.4, -0.2) is 11.2 Å². The lowest BCUT2D eigenvalue weighted by molar-refractivity contribution is 0.203. The maximum atomic E-state index is 9.19. The molecule has 0 aromatic heterocycles. The van der Waals surface area contributed by atoms with Crippen LogP contribution in [0.4, 0.5) is 0 Å². The molecule has 0 rings (SSSR count). The summed E-state index contributed by atoms with van der Waals surface area (Å²) in [5.74, 6) is 0. The Bertz CT molecular complexity index is 123. The van der Waals surface area contributed by atoms with E-state index in [9.17, 15) is 5.11 Å². The molecule has 0 spiro atoms. The molecule has 1 nitrogen and oxygen atoms in total. The number of hydrogen-bond acceptors (Lipinski definition) is 1. The summed E-state index contributed by atoms with van der Waals surface area (Å²) in [5, 5.41) is 9.31. The van der Waals surface area contributed by atoms with Crippen molar-refractivity contribution in [2.75, 3.05) is 0 Å². The summed E-state index contributed by atoms with van der Waals surface area (Å²) in [7, 11) is 0. The van der Waals surface area contributed by atoms with E-state index in [4.69, 9.17) is 18.2 Å². The zero-order chi connectivity index (χ0) is 9.40. The molecule has 71 valence electrons. The Hall–Kier alpha value is -0.0100. The summed E-state index contributed by atoms with van der Waals surface area (Å²) >= 11 is 5.41. The van der Waals surface area contributed by atoms with Crippen molar-refractivity contribution in [3.63, 3.8) is 0 Å². The third-order valence-electron chi connectivity index (χ3n) is 1.90. The minimum Gasteiger partial charge on any atom is -0.388 e. The normalized spacial score (nSPS) is 12.9. The van der Waals surface area contributed by atoms with Crippen LogP contribution in [0, 0.1) is 6.58 Å². The van der Waals surface area contributed by atoms with Gasteiger partial charge in [0.1, 0.15) is 0 Å². The van der Waals surface area contributed by atoms with Crippen LogP contribution >= 0.6 is 11.6 Å². The number of hydrogen-bond donors (Lipinski definition) is 1. The molecule has 0 heterocycles. The molecule has 0 bridgehead atoms. The van der Waals surface area contributed by atoms with Gasteiger partial charge in [-0.3, -0.25) is 0 Å². The molecule has 1 atom stereocenters. The predicted octanol–water partition coefficient (Wildman–Crippen LogP) is 3.26. The van der Waals surface area contributed by atoms with Crippen LogP contribution < -0.4 is 0 Å². The first-order valence-corrected chi connectivity index (χ1v) is 5.02. The molecule has 1 radical (unpaired) electrons. The second-order valence-corrected chi connectivity index (χ2v) is 3.54. The molecule has 0 saturated carbocycles. The number of aliphatic hydroxyl groups excluding tert-OH is 1. The van der Waals surface area contributed by atoms with Gasteiger partial charge in [-0.05, 0) is 13.0 Å². The highest BCUT2D eigenvalue weighted by Gasteiger charge is 2.04. The van der Waals surface area contributed by atoms with E-state index in [2.05, 4.69) is 6.92 Å². The largest absolute Gasteiger partial charge is 0.388 e. The molecule has 2 heteroatoms. The third kappa shape index (κ3) is 6.68. The molecular formula is C10H18ClO. The van der Waals surface area contributed by atoms with Crippen LogP contribution in [0.1, 0.15) is 45.4 Å². The summed E-state index contributed by atoms with van der Waals surface area (Å²) in [5.41, 5.74) is 0. The van der Waals surface area contributed by atoms with E-state index in [1.165, 1.54) is 19.3 Å². The minimum atomic E-state index is -0.617. The van der Waals surface area contributed by atoms with Gasteiger partial charge < -0.3 is 5.11 Å². The molecule has 0 fully saturated rings. The fourth-order valence-corrected chi connectivity index (χ4v) is 1.19. The molecule has 0 aromatic rings. The lowest BCUT2D eigenvalue weighted by Gasteiger charge is -2.07. The molecule has 0 saturated heterocycles. The van der Waals surface area contributed by atoms with E-state index >= 15 is 0 Å². The van der Waals surface area contributed by atoms with Gasteiger partial charge in [-0.25, -0.2) is 0 Å². The Balaban J connectivity index is 3.14. The zero-order valence-corrected chi connectivity index (χ0v) is 8.48. The molecule has 1 unspecified atom stereocenters. The highest BCUT2D eigenvalue weighted by atomic mass is 35.5. The molecule has 12 heavy (non-hydrogen) atoms. The van der Waals surface area contributed by atoms with Gasteiger partial charge in [0.25, 0.3) is 0 Å². The highest BCUT2D eigenvalue weighted by Crippen LogP contribution is 2.13. The molecule has 0 aliphatic rings. The van der Waals surface area contributed by atoms with Crippen molar-refractivity contribution in [3.05, 3.63) is 11.6 Å². The number of rotatable bonds is 7. The molecule has 0 aromatic carbocycles. The van der Waals surface area contributed by atoms with Crippen molar-refractivity contribution in [3.8, 4) is 0 Å². The van der Waals surface area contributed by atoms with Crippen LogP contribution in [0.5, 0.6) is 0 Å². The molecule has 1 N–H and O–H groups in total. The van der Waals surface area contributed by atoms with Crippen molar-refractivity contribution < 1.29 is 5.11 Å². The van der Waals surface area contributed by atoms with E-state index in [1.54, 1.807) is 0 Å². The third-order valence-corrected chi connectivity index (χ3v) is 2.15. The Morgan fingerprint density at radius 2 is 1.92 bits per heavy atom. The topological polar surface area (TPSA) is 20.2 Å². The van der Waals surface area contributed by atoms with E-state index in [1.807, 2.05) is 0 Å². The average molecular weight is 190 g/mol. The molecule has 0 aliphatic carbocycles. The van der Waals surface area contributed by atoms with Crippen LogP contribution in [-0.2, 0) is 0 Å². The fourth-order valence-electron chi connectivity index (χ4n) is 1.08. The smallest absolute Gasteiger partial charge is 0.0895 e. The summed E-state index contributed by atoms with van der Waals surface area (Å²) in [6.45, 7) is 7.39. The van der Waals surface area contributed by atoms with Crippen LogP contribution in [0.25, 0.3) is 0 Å². The van der Waals surface area contributed by atoms with Gasteiger partial charge in [-0.1, -0.05) is 50.6 Å². The first-order valence-electron chi connectivity index (χ1n) is 4.64. The van der Waals surface area contributed by atoms with E-state index in [0.717, 1.165) is 12.8 Å². The van der Waals surface area contributed by atoms with Gasteiger partial charge in [0.2, 0.25) is 0 Å². The SMILES string of the molecule is [CH]=C(Cl)C(O)CCCCCCC. The number of halogens is 1. The predicted molar refractivity (Wildman–Crippen MR) is 53.0 cm³/mol. The minimum absolute atomic E-state index is 0.116. The first-order chi connectivity index (χ1) is 5.68. The standard InChI is InChI=1S/C10H18ClO/c1-3-4-5-6-7-8-10(12)9(2)11/h2,10,12H,3-8H2,1H3. The Kier molecular flexibility index (Phi) is 7.62. The molecule has 0 amide bonds. The van der Waals surface area contributed by atoms with Crippen molar-refractivity contribution >= 4 is 11.6 Å². The van der Waals surface area contributed by atoms with Crippen LogP contribution in [0.15, 0.2) is 5.03 Å². The van der Waals surface area contributed by atoms with Gasteiger partial charge in [-0.2, -0.15) is 0 Å². The fraction of sp³-hybridized carbons (Fsp3) is 0.800. The Morgan fingerprint density at radius 3 is 2.42 bits per heavy atom. The van der Waals surface area contributed by atoms with Crippen LogP contribution in [0.2, 0.25) is 0 Å². The number of unbranched alkanes of at least 4 members (excludes halogenated alkanes) is 4. The lowest BCUT2D eigenvalue weighted by atomic mass is 10.1. The van der Waals surface area contributed by atoms with Gasteiger partial charge in [0.15, 0.2) is 0 Å². The van der Waals surface area contributed by atoms with Gasteiger partial charge >= 0.3 is 0 Å². The summed E-state index contributed by atoms with van der Waals surface area (Å²) in [4.78, 5) is 0. The second-order valence-electron chi connectivity index (χ2n) is 3.10. The summed E-state index contributed by atoms with van der Waals surface area (Å²) in [6, 6.07) is 0.